The lowest BCUT2D eigenvalue weighted by Gasteiger charge is -2.39. The lowest BCUT2D eigenvalue weighted by molar-refractivity contribution is -0.119. The van der Waals surface area contributed by atoms with Gasteiger partial charge in [-0.3, -0.25) is 9.69 Å². The first-order valence-corrected chi connectivity index (χ1v) is 13.9. The van der Waals surface area contributed by atoms with Gasteiger partial charge in [0.15, 0.2) is 0 Å². The van der Waals surface area contributed by atoms with Crippen LogP contribution in [0.4, 0.5) is 16.2 Å². The molecular weight excluding hydrogens is 547 g/mol. The number of carbonyl (C=O) groups excluding carboxylic acids is 2. The second kappa shape index (κ2) is 12.1. The third kappa shape index (κ3) is 5.40. The van der Waals surface area contributed by atoms with Crippen molar-refractivity contribution in [2.45, 2.75) is 25.8 Å². The number of nitrogens with one attached hydrogen (secondary N) is 1. The number of methoxy groups -OCH3 is 1. The number of aromatic nitrogens is 1. The minimum atomic E-state index is -0.416. The van der Waals surface area contributed by atoms with Crippen LogP contribution < -0.4 is 15.0 Å². The number of hydrogen-bond acceptors (Lipinski definition) is 3. The van der Waals surface area contributed by atoms with Crippen molar-refractivity contribution < 1.29 is 14.3 Å². The Balaban J connectivity index is 1.51. The smallest absolute Gasteiger partial charge is 0.322 e. The summed E-state index contributed by atoms with van der Waals surface area (Å²) in [7, 11) is 1.62. The van der Waals surface area contributed by atoms with Crippen LogP contribution in [0, 0.1) is 0 Å². The molecule has 1 aromatic heterocycles. The molecule has 1 N–H and O–H groups in total. The molecule has 40 heavy (non-hydrogen) atoms. The molecule has 7 nitrogen and oxygen atoms in total. The predicted molar refractivity (Wildman–Crippen MR) is 160 cm³/mol. The van der Waals surface area contributed by atoms with Crippen molar-refractivity contribution >= 4 is 46.5 Å². The van der Waals surface area contributed by atoms with Gasteiger partial charge < -0.3 is 19.5 Å². The zero-order valence-electron chi connectivity index (χ0n) is 22.3. The number of para-hydroxylation sites is 2. The second-order valence-electron chi connectivity index (χ2n) is 9.54. The van der Waals surface area contributed by atoms with Gasteiger partial charge >= 0.3 is 6.03 Å². The van der Waals surface area contributed by atoms with Crippen LogP contribution in [0.2, 0.25) is 10.0 Å². The van der Waals surface area contributed by atoms with Crippen LogP contribution >= 0.6 is 23.2 Å². The summed E-state index contributed by atoms with van der Waals surface area (Å²) in [5, 5.41) is 3.43. The minimum absolute atomic E-state index is 0.119. The average Bonchev–Trinajstić information content (AvgIpc) is 3.47. The predicted octanol–water partition coefficient (Wildman–Crippen LogP) is 7.56. The summed E-state index contributed by atoms with van der Waals surface area (Å²) in [5.41, 5.74) is 3.94. The molecule has 1 atom stereocenters. The molecule has 0 saturated heterocycles. The Morgan fingerprint density at radius 3 is 2.42 bits per heavy atom. The van der Waals surface area contributed by atoms with E-state index in [1.54, 1.807) is 30.2 Å². The number of carbonyl (C=O) groups is 2. The largest absolute Gasteiger partial charge is 0.497 e. The molecule has 0 radical (unpaired) electrons. The summed E-state index contributed by atoms with van der Waals surface area (Å²) >= 11 is 12.5. The van der Waals surface area contributed by atoms with E-state index in [0.29, 0.717) is 17.3 Å². The number of nitrogens with zero attached hydrogens (tertiary/aromatic N) is 3. The van der Waals surface area contributed by atoms with Crippen LogP contribution in [-0.2, 0) is 4.79 Å². The molecule has 4 aromatic rings. The van der Waals surface area contributed by atoms with Gasteiger partial charge in [0, 0.05) is 12.7 Å². The van der Waals surface area contributed by atoms with E-state index < -0.39 is 12.1 Å². The van der Waals surface area contributed by atoms with Crippen LogP contribution in [0.15, 0.2) is 85.1 Å². The summed E-state index contributed by atoms with van der Waals surface area (Å²) < 4.78 is 7.48. The molecule has 9 heteroatoms. The van der Waals surface area contributed by atoms with E-state index in [9.17, 15) is 9.59 Å². The molecule has 3 aromatic carbocycles. The molecule has 1 unspecified atom stereocenters. The number of amides is 3. The number of urea groups is 1. The topological polar surface area (TPSA) is 66.8 Å². The van der Waals surface area contributed by atoms with Crippen molar-refractivity contribution in [2.24, 2.45) is 0 Å². The Labute approximate surface area is 243 Å². The van der Waals surface area contributed by atoms with Crippen molar-refractivity contribution in [2.75, 3.05) is 30.4 Å². The van der Waals surface area contributed by atoms with Crippen molar-refractivity contribution in [3.8, 4) is 11.4 Å². The third-order valence-electron chi connectivity index (χ3n) is 7.01. The monoisotopic (exact) mass is 576 g/mol. The number of rotatable bonds is 8. The molecule has 3 amide bonds. The highest BCUT2D eigenvalue weighted by molar-refractivity contribution is 6.44. The highest BCUT2D eigenvalue weighted by atomic mass is 35.5. The van der Waals surface area contributed by atoms with E-state index in [4.69, 9.17) is 27.9 Å². The normalized spacial score (nSPS) is 13.8. The Kier molecular flexibility index (Phi) is 8.33. The first kappa shape index (κ1) is 27.6. The minimum Gasteiger partial charge on any atom is -0.497 e. The van der Waals surface area contributed by atoms with Gasteiger partial charge in [-0.05, 0) is 60.5 Å². The van der Waals surface area contributed by atoms with Crippen LogP contribution in [0.1, 0.15) is 37.1 Å². The first-order chi connectivity index (χ1) is 19.4. The first-order valence-electron chi connectivity index (χ1n) is 13.2. The van der Waals surface area contributed by atoms with Gasteiger partial charge in [0.25, 0.3) is 0 Å². The highest BCUT2D eigenvalue weighted by Gasteiger charge is 2.37. The zero-order chi connectivity index (χ0) is 28.2. The van der Waals surface area contributed by atoms with Gasteiger partial charge in [0.05, 0.1) is 39.9 Å². The lowest BCUT2D eigenvalue weighted by Crippen LogP contribution is -2.48. The van der Waals surface area contributed by atoms with Gasteiger partial charge in [-0.1, -0.05) is 66.9 Å². The Morgan fingerprint density at radius 2 is 1.70 bits per heavy atom. The fraction of sp³-hybridized carbons (Fsp3) is 0.226. The Morgan fingerprint density at radius 1 is 0.950 bits per heavy atom. The molecule has 2 heterocycles. The fourth-order valence-corrected chi connectivity index (χ4v) is 5.35. The second-order valence-corrected chi connectivity index (χ2v) is 10.3. The SMILES string of the molecule is CCCCN(CC(=O)N1c2ccccc2-n2cccc2C1c1ccc(OC)cc1)C(=O)Nc1cccc(Cl)c1Cl. The molecule has 5 rings (SSSR count). The fourth-order valence-electron chi connectivity index (χ4n) is 5.00. The highest BCUT2D eigenvalue weighted by Crippen LogP contribution is 2.42. The summed E-state index contributed by atoms with van der Waals surface area (Å²) in [4.78, 5) is 31.1. The Hall–Kier alpha value is -3.94. The zero-order valence-corrected chi connectivity index (χ0v) is 23.8. The number of halogens is 2. The summed E-state index contributed by atoms with van der Waals surface area (Å²) in [6.07, 6.45) is 3.61. The van der Waals surface area contributed by atoms with Crippen molar-refractivity contribution in [3.63, 3.8) is 0 Å². The molecule has 0 fully saturated rings. The van der Waals surface area contributed by atoms with Gasteiger partial charge in [-0.15, -0.1) is 0 Å². The standard InChI is InChI=1S/C31H30Cl2N4O3/c1-3-4-18-35(31(39)34-24-10-7-9-23(32)29(24)33)20-28(38)37-26-12-6-5-11-25(26)36-19-8-13-27(36)30(37)21-14-16-22(40-2)17-15-21/h5-17,19,30H,3-4,18,20H2,1-2H3,(H,34,39). The number of unbranched alkanes of at least 4 members (excludes halogenated alkanes) is 1. The molecule has 206 valence electrons. The number of hydrogen-bond donors (Lipinski definition) is 1. The summed E-state index contributed by atoms with van der Waals surface area (Å²) in [6, 6.07) is 23.8. The number of ether oxygens (including phenoxy) is 1. The van der Waals surface area contributed by atoms with Crippen LogP contribution in [0.25, 0.3) is 5.69 Å². The van der Waals surface area contributed by atoms with E-state index >= 15 is 0 Å². The molecule has 0 saturated carbocycles. The van der Waals surface area contributed by atoms with E-state index in [1.807, 2.05) is 73.8 Å². The van der Waals surface area contributed by atoms with Crippen LogP contribution in [-0.4, -0.2) is 41.6 Å². The average molecular weight is 578 g/mol. The van der Waals surface area contributed by atoms with Gasteiger partial charge in [0.2, 0.25) is 5.91 Å². The van der Waals surface area contributed by atoms with E-state index in [-0.39, 0.29) is 17.5 Å². The number of anilines is 2. The maximum absolute atomic E-state index is 14.3. The number of benzene rings is 3. The maximum atomic E-state index is 14.3. The van der Waals surface area contributed by atoms with Gasteiger partial charge in [-0.2, -0.15) is 0 Å². The third-order valence-corrected chi connectivity index (χ3v) is 7.83. The molecule has 0 spiro atoms. The Bertz CT molecular complexity index is 1520. The molecule has 0 bridgehead atoms. The quantitative estimate of drug-likeness (QED) is 0.235. The van der Waals surface area contributed by atoms with Crippen molar-refractivity contribution in [1.29, 1.82) is 0 Å². The maximum Gasteiger partial charge on any atom is 0.322 e. The molecule has 1 aliphatic heterocycles. The van der Waals surface area contributed by atoms with Gasteiger partial charge in [0.1, 0.15) is 18.3 Å². The van der Waals surface area contributed by atoms with E-state index in [1.165, 1.54) is 4.90 Å². The molecule has 1 aliphatic rings. The van der Waals surface area contributed by atoms with Gasteiger partial charge in [-0.25, -0.2) is 4.79 Å². The van der Waals surface area contributed by atoms with E-state index in [0.717, 1.165) is 41.2 Å². The summed E-state index contributed by atoms with van der Waals surface area (Å²) in [5.74, 6) is 0.527. The van der Waals surface area contributed by atoms with Crippen LogP contribution in [0.3, 0.4) is 0 Å². The van der Waals surface area contributed by atoms with E-state index in [2.05, 4.69) is 9.88 Å². The lowest BCUT2D eigenvalue weighted by atomic mass is 9.97. The molecule has 0 aliphatic carbocycles. The van der Waals surface area contributed by atoms with Crippen LogP contribution in [0.5, 0.6) is 5.75 Å². The van der Waals surface area contributed by atoms with Crippen molar-refractivity contribution in [3.05, 3.63) is 106 Å². The number of fused-ring (bicyclic) bond motifs is 3. The summed E-state index contributed by atoms with van der Waals surface area (Å²) in [6.45, 7) is 2.33. The van der Waals surface area contributed by atoms with Crippen molar-refractivity contribution in [1.82, 2.24) is 9.47 Å². The molecular formula is C31H30Cl2N4O3.